The second kappa shape index (κ2) is 7.36. The number of amides is 2. The van der Waals surface area contributed by atoms with Crippen molar-refractivity contribution in [3.8, 4) is 6.07 Å². The van der Waals surface area contributed by atoms with Crippen molar-refractivity contribution >= 4 is 11.8 Å². The van der Waals surface area contributed by atoms with Gasteiger partial charge in [-0.1, -0.05) is 45.6 Å². The Morgan fingerprint density at radius 1 is 1.03 bits per heavy atom. The lowest BCUT2D eigenvalue weighted by atomic mass is 9.48. The summed E-state index contributed by atoms with van der Waals surface area (Å²) in [5.74, 6) is 1.39. The van der Waals surface area contributed by atoms with E-state index in [1.807, 2.05) is 6.08 Å². The standard InChI is InChI=1S/C26H37N3O2/c1-24-11-6-7-19(24)17-8-9-21-25(2,20(17)10-14-24)15-18(22(30)28-21)23(31)29-26(16-27)12-4-3-5-13-26/h15,17,19-21H,3-14H2,1-2H3,(H,28,30)(H,29,31)/t17-,19-,20+,21?,24-,25+/m0/s1. The van der Waals surface area contributed by atoms with Crippen molar-refractivity contribution < 1.29 is 9.59 Å². The molecule has 4 saturated carbocycles. The van der Waals surface area contributed by atoms with E-state index in [1.165, 1.54) is 38.5 Å². The van der Waals surface area contributed by atoms with Crippen molar-refractivity contribution in [2.75, 3.05) is 0 Å². The first-order valence-corrected chi connectivity index (χ1v) is 12.6. The highest BCUT2D eigenvalue weighted by molar-refractivity contribution is 6.19. The first-order chi connectivity index (χ1) is 14.8. The topological polar surface area (TPSA) is 82.0 Å². The second-order valence-corrected chi connectivity index (χ2v) is 11.7. The Bertz CT molecular complexity index is 851. The Hall–Kier alpha value is -1.83. The molecule has 31 heavy (non-hydrogen) atoms. The van der Waals surface area contributed by atoms with Gasteiger partial charge in [0.15, 0.2) is 0 Å². The molecule has 0 saturated heterocycles. The molecular weight excluding hydrogens is 386 g/mol. The van der Waals surface area contributed by atoms with Crippen molar-refractivity contribution in [3.05, 3.63) is 11.6 Å². The molecule has 168 valence electrons. The van der Waals surface area contributed by atoms with Gasteiger partial charge in [-0.3, -0.25) is 9.59 Å². The molecule has 0 aromatic rings. The van der Waals surface area contributed by atoms with Crippen LogP contribution >= 0.6 is 0 Å². The van der Waals surface area contributed by atoms with E-state index in [9.17, 15) is 14.9 Å². The van der Waals surface area contributed by atoms with Gasteiger partial charge in [-0.25, -0.2) is 0 Å². The number of carbonyl (C=O) groups excluding carboxylic acids is 2. The molecule has 0 aromatic carbocycles. The maximum absolute atomic E-state index is 13.3. The van der Waals surface area contributed by atoms with Crippen LogP contribution in [0.3, 0.4) is 0 Å². The molecule has 4 aliphatic carbocycles. The minimum atomic E-state index is -0.820. The van der Waals surface area contributed by atoms with Gasteiger partial charge < -0.3 is 10.6 Å². The minimum absolute atomic E-state index is 0.114. The number of carbonyl (C=O) groups is 2. The van der Waals surface area contributed by atoms with Gasteiger partial charge in [0.2, 0.25) is 0 Å². The molecule has 5 heteroatoms. The van der Waals surface area contributed by atoms with E-state index in [4.69, 9.17) is 0 Å². The van der Waals surface area contributed by atoms with Crippen molar-refractivity contribution in [3.63, 3.8) is 0 Å². The molecule has 1 unspecified atom stereocenters. The summed E-state index contributed by atoms with van der Waals surface area (Å²) in [6.45, 7) is 4.78. The third-order valence-electron chi connectivity index (χ3n) is 10.1. The van der Waals surface area contributed by atoms with Gasteiger partial charge in [0.05, 0.1) is 6.07 Å². The third kappa shape index (κ3) is 3.24. The van der Waals surface area contributed by atoms with Crippen LogP contribution in [0.25, 0.3) is 0 Å². The molecule has 1 heterocycles. The summed E-state index contributed by atoms with van der Waals surface area (Å²) in [4.78, 5) is 26.2. The zero-order valence-corrected chi connectivity index (χ0v) is 19.1. The Morgan fingerprint density at radius 2 is 1.81 bits per heavy atom. The molecular formula is C26H37N3O2. The average molecular weight is 424 g/mol. The molecule has 0 bridgehead atoms. The molecule has 0 radical (unpaired) electrons. The van der Waals surface area contributed by atoms with E-state index in [1.54, 1.807) is 0 Å². The Morgan fingerprint density at radius 3 is 2.55 bits per heavy atom. The first-order valence-electron chi connectivity index (χ1n) is 12.6. The van der Waals surface area contributed by atoms with Crippen LogP contribution < -0.4 is 10.6 Å². The maximum atomic E-state index is 13.3. The van der Waals surface area contributed by atoms with E-state index in [-0.39, 0.29) is 28.8 Å². The van der Waals surface area contributed by atoms with Crippen LogP contribution in [0.2, 0.25) is 0 Å². The molecule has 4 fully saturated rings. The molecule has 5 nitrogen and oxygen atoms in total. The van der Waals surface area contributed by atoms with Crippen molar-refractivity contribution in [2.24, 2.45) is 28.6 Å². The number of rotatable bonds is 2. The fraction of sp³-hybridized carbons (Fsp3) is 0.808. The SMILES string of the molecule is C[C@@]12CCC[C@H]1[C@@H]1CCC3NC(=O)C(C(=O)NC4(C#N)CCCCC4)=C[C@]3(C)[C@@H]1CC2. The molecule has 0 spiro atoms. The zero-order chi connectivity index (χ0) is 21.9. The van der Waals surface area contributed by atoms with Crippen molar-refractivity contribution in [1.82, 2.24) is 10.6 Å². The highest BCUT2D eigenvalue weighted by Gasteiger charge is 2.58. The molecule has 2 amide bonds. The highest BCUT2D eigenvalue weighted by atomic mass is 16.2. The van der Waals surface area contributed by atoms with Crippen molar-refractivity contribution in [1.29, 1.82) is 5.26 Å². The number of nitrogens with zero attached hydrogens (tertiary/aromatic N) is 1. The Balaban J connectivity index is 1.43. The monoisotopic (exact) mass is 423 g/mol. The van der Waals surface area contributed by atoms with Gasteiger partial charge in [0.1, 0.15) is 11.1 Å². The van der Waals surface area contributed by atoms with Gasteiger partial charge in [0.25, 0.3) is 11.8 Å². The van der Waals surface area contributed by atoms with Gasteiger partial charge in [-0.05, 0) is 74.5 Å². The lowest BCUT2D eigenvalue weighted by Gasteiger charge is -2.58. The normalized spacial score (nSPS) is 43.4. The summed E-state index contributed by atoms with van der Waals surface area (Å²) in [5, 5.41) is 16.0. The molecule has 5 rings (SSSR count). The molecule has 1 aliphatic heterocycles. The molecule has 0 aromatic heterocycles. The summed E-state index contributed by atoms with van der Waals surface area (Å²) in [6, 6.07) is 2.47. The number of nitriles is 1. The van der Waals surface area contributed by atoms with Crippen LogP contribution in [-0.4, -0.2) is 23.4 Å². The highest BCUT2D eigenvalue weighted by Crippen LogP contribution is 2.63. The fourth-order valence-corrected chi connectivity index (χ4v) is 8.31. The van der Waals surface area contributed by atoms with Crippen LogP contribution in [0.15, 0.2) is 11.6 Å². The summed E-state index contributed by atoms with van der Waals surface area (Å²) < 4.78 is 0. The molecule has 6 atom stereocenters. The summed E-state index contributed by atoms with van der Waals surface area (Å²) in [6.07, 6.45) is 15.1. The summed E-state index contributed by atoms with van der Waals surface area (Å²) >= 11 is 0. The van der Waals surface area contributed by atoms with Crippen LogP contribution in [0, 0.1) is 39.9 Å². The number of fused-ring (bicyclic) bond motifs is 5. The molecule has 2 N–H and O–H groups in total. The van der Waals surface area contributed by atoms with Crippen molar-refractivity contribution in [2.45, 2.75) is 102 Å². The van der Waals surface area contributed by atoms with Gasteiger partial charge in [0, 0.05) is 11.5 Å². The van der Waals surface area contributed by atoms with E-state index in [0.29, 0.717) is 30.1 Å². The summed E-state index contributed by atoms with van der Waals surface area (Å²) in [5.41, 5.74) is -0.272. The Kier molecular flexibility index (Phi) is 4.99. The zero-order valence-electron chi connectivity index (χ0n) is 19.1. The maximum Gasteiger partial charge on any atom is 0.257 e. The van der Waals surface area contributed by atoms with Gasteiger partial charge in [-0.15, -0.1) is 0 Å². The smallest absolute Gasteiger partial charge is 0.257 e. The lowest BCUT2D eigenvalue weighted by molar-refractivity contribution is -0.128. The average Bonchev–Trinajstić information content (AvgIpc) is 3.16. The van der Waals surface area contributed by atoms with E-state index < -0.39 is 5.54 Å². The minimum Gasteiger partial charge on any atom is -0.348 e. The fourth-order valence-electron chi connectivity index (χ4n) is 8.31. The van der Waals surface area contributed by atoms with E-state index in [0.717, 1.165) is 31.6 Å². The predicted octanol–water partition coefficient (Wildman–Crippen LogP) is 4.39. The van der Waals surface area contributed by atoms with E-state index >= 15 is 0 Å². The number of hydrogen-bond acceptors (Lipinski definition) is 3. The summed E-state index contributed by atoms with van der Waals surface area (Å²) in [7, 11) is 0. The van der Waals surface area contributed by atoms with Crippen LogP contribution in [-0.2, 0) is 9.59 Å². The largest absolute Gasteiger partial charge is 0.348 e. The van der Waals surface area contributed by atoms with Crippen LogP contribution in [0.1, 0.15) is 90.9 Å². The number of nitrogens with one attached hydrogen (secondary N) is 2. The second-order valence-electron chi connectivity index (χ2n) is 11.7. The predicted molar refractivity (Wildman–Crippen MR) is 119 cm³/mol. The Labute approximate surface area is 186 Å². The lowest BCUT2D eigenvalue weighted by Crippen LogP contribution is -2.61. The van der Waals surface area contributed by atoms with Crippen LogP contribution in [0.5, 0.6) is 0 Å². The van der Waals surface area contributed by atoms with Crippen LogP contribution in [0.4, 0.5) is 0 Å². The first kappa shape index (κ1) is 21.0. The third-order valence-corrected chi connectivity index (χ3v) is 10.1. The molecule has 5 aliphatic rings. The van der Waals surface area contributed by atoms with Gasteiger partial charge >= 0.3 is 0 Å². The number of hydrogen-bond donors (Lipinski definition) is 2. The van der Waals surface area contributed by atoms with E-state index in [2.05, 4.69) is 30.6 Å². The quantitative estimate of drug-likeness (QED) is 0.647. The van der Waals surface area contributed by atoms with Gasteiger partial charge in [-0.2, -0.15) is 5.26 Å².